The minimum Gasteiger partial charge on any atom is -0.480 e. The first-order chi connectivity index (χ1) is 19.2. The van der Waals surface area contributed by atoms with Crippen LogP contribution in [0.1, 0.15) is 22.5 Å². The lowest BCUT2D eigenvalue weighted by Crippen LogP contribution is -2.49. The minimum atomic E-state index is -1.02. The first-order valence-electron chi connectivity index (χ1n) is 12.7. The van der Waals surface area contributed by atoms with E-state index in [9.17, 15) is 29.1 Å². The number of aliphatic carboxylic acids is 1. The van der Waals surface area contributed by atoms with Crippen LogP contribution in [0.15, 0.2) is 36.4 Å². The molecule has 0 bridgehead atoms. The Morgan fingerprint density at radius 2 is 1.76 bits per heavy atom. The van der Waals surface area contributed by atoms with Gasteiger partial charge >= 0.3 is 12.1 Å². The zero-order valence-corrected chi connectivity index (χ0v) is 24.2. The third kappa shape index (κ3) is 6.81. The summed E-state index contributed by atoms with van der Waals surface area (Å²) >= 11 is 7.03. The Kier molecular flexibility index (Phi) is 9.87. The van der Waals surface area contributed by atoms with Gasteiger partial charge in [0.1, 0.15) is 18.8 Å². The Labute approximate surface area is 250 Å². The lowest BCUT2D eigenvalue weighted by molar-refractivity contribution is -0.143. The summed E-state index contributed by atoms with van der Waals surface area (Å²) in [6.07, 6.45) is -0.396. The molecular weight excluding hydrogens is 599 g/mol. The number of hydrogen-bond acceptors (Lipinski definition) is 9. The van der Waals surface area contributed by atoms with Gasteiger partial charge in [0.2, 0.25) is 5.91 Å². The number of carboxylic acids is 1. The van der Waals surface area contributed by atoms with Crippen molar-refractivity contribution in [3.05, 3.63) is 45.6 Å². The Bertz CT molecular complexity index is 1320. The Balaban J connectivity index is 0.00000387. The number of halogens is 2. The van der Waals surface area contributed by atoms with E-state index < -0.39 is 36.0 Å². The maximum absolute atomic E-state index is 13.4. The van der Waals surface area contributed by atoms with Crippen LogP contribution in [0.25, 0.3) is 0 Å². The second-order valence-corrected chi connectivity index (χ2v) is 11.3. The van der Waals surface area contributed by atoms with E-state index in [1.807, 2.05) is 0 Å². The summed E-state index contributed by atoms with van der Waals surface area (Å²) in [7, 11) is 0. The van der Waals surface area contributed by atoms with E-state index in [1.54, 1.807) is 40.1 Å². The van der Waals surface area contributed by atoms with Crippen molar-refractivity contribution in [1.82, 2.24) is 9.80 Å². The van der Waals surface area contributed by atoms with Gasteiger partial charge in [0.05, 0.1) is 35.5 Å². The molecule has 4 heterocycles. The van der Waals surface area contributed by atoms with Crippen LogP contribution in [0, 0.1) is 0 Å². The molecule has 12 nitrogen and oxygen atoms in total. The molecule has 0 aliphatic carbocycles. The van der Waals surface area contributed by atoms with Gasteiger partial charge in [-0.25, -0.2) is 4.79 Å². The quantitative estimate of drug-likeness (QED) is 0.469. The second-order valence-electron chi connectivity index (χ2n) is 9.61. The van der Waals surface area contributed by atoms with Gasteiger partial charge < -0.3 is 19.5 Å². The SMILES string of the molecule is Cl.O=C(O)[C@@H]1CCCN1CC(=O)N(C[C@H]1CN(c2ccc(N3CCOCC3=O)cc2)C(=O)O1)C(=O)c1ccc(Cl)s1. The molecule has 41 heavy (non-hydrogen) atoms. The zero-order chi connectivity index (χ0) is 28.4. The number of imide groups is 1. The van der Waals surface area contributed by atoms with Crippen LogP contribution in [0.3, 0.4) is 0 Å². The predicted octanol–water partition coefficient (Wildman–Crippen LogP) is 2.73. The normalized spacial score (nSPS) is 21.0. The van der Waals surface area contributed by atoms with Crippen molar-refractivity contribution >= 4 is 76.5 Å². The van der Waals surface area contributed by atoms with Crippen LogP contribution in [-0.2, 0) is 23.9 Å². The Hall–Kier alpha value is -3.23. The topological polar surface area (TPSA) is 137 Å². The molecule has 0 unspecified atom stereocenters. The number of carboxylic acid groups (broad SMARTS) is 1. The van der Waals surface area contributed by atoms with Gasteiger partial charge in [-0.2, -0.15) is 0 Å². The van der Waals surface area contributed by atoms with Crippen LogP contribution in [-0.4, -0.2) is 103 Å². The third-order valence-corrected chi connectivity index (χ3v) is 8.26. The van der Waals surface area contributed by atoms with Crippen molar-refractivity contribution in [2.75, 3.05) is 55.7 Å². The van der Waals surface area contributed by atoms with E-state index >= 15 is 0 Å². The Morgan fingerprint density at radius 1 is 1.05 bits per heavy atom. The van der Waals surface area contributed by atoms with Gasteiger partial charge in [0, 0.05) is 17.9 Å². The fraction of sp³-hybridized carbons (Fsp3) is 0.423. The molecule has 15 heteroatoms. The lowest BCUT2D eigenvalue weighted by atomic mass is 10.2. The van der Waals surface area contributed by atoms with Crippen LogP contribution in [0.2, 0.25) is 4.34 Å². The number of rotatable bonds is 8. The Morgan fingerprint density at radius 3 is 2.39 bits per heavy atom. The van der Waals surface area contributed by atoms with E-state index in [1.165, 1.54) is 11.0 Å². The van der Waals surface area contributed by atoms with Crippen molar-refractivity contribution in [3.8, 4) is 0 Å². The number of cyclic esters (lactones) is 1. The highest BCUT2D eigenvalue weighted by molar-refractivity contribution is 7.18. The number of anilines is 2. The van der Waals surface area contributed by atoms with Gasteiger partial charge in [-0.3, -0.25) is 33.9 Å². The lowest BCUT2D eigenvalue weighted by Gasteiger charge is -2.27. The molecule has 1 N–H and O–H groups in total. The van der Waals surface area contributed by atoms with Crippen molar-refractivity contribution in [2.24, 2.45) is 0 Å². The third-order valence-electron chi connectivity index (χ3n) is 7.04. The van der Waals surface area contributed by atoms with Crippen molar-refractivity contribution in [3.63, 3.8) is 0 Å². The first kappa shape index (κ1) is 30.7. The van der Waals surface area contributed by atoms with Crippen LogP contribution >= 0.6 is 35.3 Å². The minimum absolute atomic E-state index is 0. The summed E-state index contributed by atoms with van der Waals surface area (Å²) in [5, 5.41) is 9.49. The first-order valence-corrected chi connectivity index (χ1v) is 13.9. The van der Waals surface area contributed by atoms with E-state index in [2.05, 4.69) is 0 Å². The summed E-state index contributed by atoms with van der Waals surface area (Å²) in [4.78, 5) is 69.0. The number of morpholine rings is 1. The highest BCUT2D eigenvalue weighted by atomic mass is 35.5. The largest absolute Gasteiger partial charge is 0.480 e. The molecule has 3 fully saturated rings. The molecule has 4 amide bonds. The van der Waals surface area contributed by atoms with Gasteiger partial charge in [-0.15, -0.1) is 23.7 Å². The van der Waals surface area contributed by atoms with Gasteiger partial charge in [0.25, 0.3) is 11.8 Å². The van der Waals surface area contributed by atoms with E-state index in [-0.39, 0.29) is 49.4 Å². The number of hydrogen-bond donors (Lipinski definition) is 1. The maximum Gasteiger partial charge on any atom is 0.414 e. The molecule has 0 spiro atoms. The number of thiophene rings is 1. The highest BCUT2D eigenvalue weighted by Crippen LogP contribution is 2.28. The zero-order valence-electron chi connectivity index (χ0n) is 21.8. The van der Waals surface area contributed by atoms with Crippen molar-refractivity contribution in [2.45, 2.75) is 25.0 Å². The molecule has 3 saturated heterocycles. The molecule has 2 aromatic rings. The highest BCUT2D eigenvalue weighted by Gasteiger charge is 2.39. The molecule has 1 aromatic carbocycles. The van der Waals surface area contributed by atoms with Crippen molar-refractivity contribution in [1.29, 1.82) is 0 Å². The molecule has 220 valence electrons. The molecular formula is C26H28Cl2N4O8S. The van der Waals surface area contributed by atoms with Gasteiger partial charge in [-0.1, -0.05) is 11.6 Å². The molecule has 3 aliphatic heterocycles. The molecule has 1 aromatic heterocycles. The average Bonchev–Trinajstić information content (AvgIpc) is 3.67. The second kappa shape index (κ2) is 13.2. The number of amides is 4. The summed E-state index contributed by atoms with van der Waals surface area (Å²) < 4.78 is 11.1. The van der Waals surface area contributed by atoms with Gasteiger partial charge in [-0.05, 0) is 55.8 Å². The fourth-order valence-electron chi connectivity index (χ4n) is 5.05. The van der Waals surface area contributed by atoms with E-state index in [4.69, 9.17) is 21.1 Å². The molecule has 5 rings (SSSR count). The predicted molar refractivity (Wildman–Crippen MR) is 152 cm³/mol. The number of likely N-dealkylation sites (tertiary alicyclic amines) is 1. The van der Waals surface area contributed by atoms with E-state index in [0.717, 1.165) is 16.2 Å². The average molecular weight is 628 g/mol. The molecule has 2 atom stereocenters. The summed E-state index contributed by atoms with van der Waals surface area (Å²) in [5.41, 5.74) is 1.22. The number of carbonyl (C=O) groups is 5. The fourth-order valence-corrected chi connectivity index (χ4v) is 6.04. The smallest absolute Gasteiger partial charge is 0.414 e. The number of ether oxygens (including phenoxy) is 2. The monoisotopic (exact) mass is 626 g/mol. The van der Waals surface area contributed by atoms with Crippen LogP contribution in [0.4, 0.5) is 16.2 Å². The van der Waals surface area contributed by atoms with Gasteiger partial charge in [0.15, 0.2) is 0 Å². The summed E-state index contributed by atoms with van der Waals surface area (Å²) in [6, 6.07) is 9.12. The molecule has 0 radical (unpaired) electrons. The summed E-state index contributed by atoms with van der Waals surface area (Å²) in [5.74, 6) is -2.35. The van der Waals surface area contributed by atoms with Crippen molar-refractivity contribution < 1.29 is 38.6 Å². The standard InChI is InChI=1S/C26H27ClN4O8S.ClH/c27-21-8-7-20(40-21)24(34)31(22(32)14-28-9-1-2-19(28)25(35)36)13-18-12-30(26(37)39-18)17-5-3-16(4-6-17)29-10-11-38-15-23(29)33;/h3-8,18-19H,1-2,9-15H2,(H,35,36);1H/t18-,19+;/m1./s1. The van der Waals surface area contributed by atoms with E-state index in [0.29, 0.717) is 48.2 Å². The molecule has 3 aliphatic rings. The number of nitrogens with zero attached hydrogens (tertiary/aromatic N) is 4. The van der Waals surface area contributed by atoms with Crippen LogP contribution in [0.5, 0.6) is 0 Å². The number of carbonyl (C=O) groups excluding carboxylic acids is 4. The maximum atomic E-state index is 13.4. The molecule has 0 saturated carbocycles. The summed E-state index contributed by atoms with van der Waals surface area (Å²) in [6.45, 7) is 0.932. The number of benzene rings is 1. The van der Waals surface area contributed by atoms with Crippen LogP contribution < -0.4 is 9.80 Å².